The van der Waals surface area contributed by atoms with E-state index >= 15 is 0 Å². The molecule has 6 nitrogen and oxygen atoms in total. The molecule has 0 unspecified atom stereocenters. The minimum Gasteiger partial charge on any atom is -0.545 e. The molecule has 0 heterocycles. The van der Waals surface area contributed by atoms with Crippen LogP contribution in [-0.2, 0) is 4.74 Å². The SMILES string of the molecule is C=COCCOc1cc(C(=O)[O-])cc(C(=O)[O-])c1.[Na+].[Na+]. The van der Waals surface area contributed by atoms with Gasteiger partial charge in [-0.3, -0.25) is 0 Å². The van der Waals surface area contributed by atoms with Crippen LogP contribution in [0.2, 0.25) is 0 Å². The average Bonchev–Trinajstić information content (AvgIpc) is 2.34. The van der Waals surface area contributed by atoms with Crippen molar-refractivity contribution in [2.24, 2.45) is 0 Å². The van der Waals surface area contributed by atoms with Crippen LogP contribution in [0.3, 0.4) is 0 Å². The maximum absolute atomic E-state index is 10.7. The van der Waals surface area contributed by atoms with Crippen molar-refractivity contribution in [3.8, 4) is 5.75 Å². The number of hydrogen-bond donors (Lipinski definition) is 0. The summed E-state index contributed by atoms with van der Waals surface area (Å²) in [6.45, 7) is 3.66. The maximum atomic E-state index is 10.7. The minimum atomic E-state index is -1.50. The van der Waals surface area contributed by atoms with Crippen molar-refractivity contribution >= 4 is 11.9 Å². The number of carbonyl (C=O) groups excluding carboxylic acids is 2. The fraction of sp³-hybridized carbons (Fsp3) is 0.167. The third kappa shape index (κ3) is 7.33. The summed E-state index contributed by atoms with van der Waals surface area (Å²) >= 11 is 0. The number of benzene rings is 1. The third-order valence-electron chi connectivity index (χ3n) is 1.97. The summed E-state index contributed by atoms with van der Waals surface area (Å²) in [5.74, 6) is -2.90. The molecule has 0 aromatic heterocycles. The summed E-state index contributed by atoms with van der Waals surface area (Å²) in [5, 5.41) is 21.4. The molecule has 0 amide bonds. The van der Waals surface area contributed by atoms with Crippen molar-refractivity contribution in [1.82, 2.24) is 0 Å². The molecule has 1 aromatic carbocycles. The molecule has 0 aliphatic heterocycles. The predicted molar refractivity (Wildman–Crippen MR) is 56.7 cm³/mol. The van der Waals surface area contributed by atoms with Crippen LogP contribution in [0.5, 0.6) is 5.75 Å². The standard InChI is InChI=1S/C12H12O6.2Na/c1-2-17-3-4-18-10-6-8(11(13)14)5-9(7-10)12(15)16;;/h2,5-7H,1,3-4H2,(H,13,14)(H,15,16);;/q;2*+1/p-2. The summed E-state index contributed by atoms with van der Waals surface area (Å²) in [5.41, 5.74) is -0.590. The van der Waals surface area contributed by atoms with E-state index in [1.165, 1.54) is 6.26 Å². The number of ether oxygens (including phenoxy) is 2. The first kappa shape index (κ1) is 21.8. The second-order valence-electron chi connectivity index (χ2n) is 3.21. The van der Waals surface area contributed by atoms with Crippen molar-refractivity contribution in [3.05, 3.63) is 42.2 Å². The van der Waals surface area contributed by atoms with E-state index in [1.807, 2.05) is 0 Å². The van der Waals surface area contributed by atoms with Crippen LogP contribution in [0.15, 0.2) is 31.0 Å². The zero-order valence-corrected chi connectivity index (χ0v) is 15.4. The molecule has 0 spiro atoms. The Labute approximate surface area is 160 Å². The zero-order chi connectivity index (χ0) is 13.5. The Bertz CT molecular complexity index is 443. The molecule has 0 fully saturated rings. The number of carbonyl (C=O) groups is 2. The second-order valence-corrected chi connectivity index (χ2v) is 3.21. The van der Waals surface area contributed by atoms with Crippen molar-refractivity contribution in [2.75, 3.05) is 13.2 Å². The Morgan fingerprint density at radius 3 is 1.95 bits per heavy atom. The van der Waals surface area contributed by atoms with Gasteiger partial charge in [0.05, 0.1) is 18.2 Å². The Kier molecular flexibility index (Phi) is 12.2. The zero-order valence-electron chi connectivity index (χ0n) is 11.4. The number of hydrogen-bond acceptors (Lipinski definition) is 6. The summed E-state index contributed by atoms with van der Waals surface area (Å²) in [7, 11) is 0. The fourth-order valence-electron chi connectivity index (χ4n) is 1.21. The van der Waals surface area contributed by atoms with Gasteiger partial charge in [0.1, 0.15) is 19.0 Å². The second kappa shape index (κ2) is 11.2. The van der Waals surface area contributed by atoms with Crippen LogP contribution in [0, 0.1) is 0 Å². The molecule has 0 N–H and O–H groups in total. The van der Waals surface area contributed by atoms with Crippen LogP contribution in [0.1, 0.15) is 20.7 Å². The van der Waals surface area contributed by atoms with Crippen LogP contribution in [0.25, 0.3) is 0 Å². The van der Waals surface area contributed by atoms with Gasteiger partial charge in [-0.2, -0.15) is 0 Å². The summed E-state index contributed by atoms with van der Waals surface area (Å²) < 4.78 is 9.93. The van der Waals surface area contributed by atoms with Gasteiger partial charge in [-0.05, 0) is 18.2 Å². The molecule has 1 rings (SSSR count). The van der Waals surface area contributed by atoms with E-state index in [2.05, 4.69) is 6.58 Å². The molecule has 0 bridgehead atoms. The monoisotopic (exact) mass is 296 g/mol. The first-order chi connectivity index (χ1) is 8.54. The van der Waals surface area contributed by atoms with Crippen molar-refractivity contribution in [3.63, 3.8) is 0 Å². The van der Waals surface area contributed by atoms with Crippen LogP contribution in [0.4, 0.5) is 0 Å². The van der Waals surface area contributed by atoms with E-state index in [0.29, 0.717) is 0 Å². The topological polar surface area (TPSA) is 98.7 Å². The molecule has 8 heteroatoms. The molecular weight excluding hydrogens is 286 g/mol. The van der Waals surface area contributed by atoms with Gasteiger partial charge in [0.15, 0.2) is 0 Å². The first-order valence-electron chi connectivity index (χ1n) is 4.97. The largest absolute Gasteiger partial charge is 1.00 e. The van der Waals surface area contributed by atoms with Crippen molar-refractivity contribution in [1.29, 1.82) is 0 Å². The van der Waals surface area contributed by atoms with Crippen molar-refractivity contribution < 1.29 is 88.4 Å². The summed E-state index contributed by atoms with van der Waals surface area (Å²) in [4.78, 5) is 21.4. The Hall–Kier alpha value is -0.500. The molecule has 0 radical (unpaired) electrons. The van der Waals surface area contributed by atoms with Gasteiger partial charge in [-0.1, -0.05) is 6.58 Å². The fourth-order valence-corrected chi connectivity index (χ4v) is 1.21. The van der Waals surface area contributed by atoms with Crippen LogP contribution in [-0.4, -0.2) is 25.2 Å². The van der Waals surface area contributed by atoms with E-state index in [0.717, 1.165) is 18.2 Å². The van der Waals surface area contributed by atoms with Gasteiger partial charge in [0, 0.05) is 11.1 Å². The quantitative estimate of drug-likeness (QED) is 0.282. The molecule has 1 aromatic rings. The normalized spacial score (nSPS) is 8.60. The van der Waals surface area contributed by atoms with Crippen molar-refractivity contribution in [2.45, 2.75) is 0 Å². The van der Waals surface area contributed by atoms with Crippen LogP contribution < -0.4 is 74.1 Å². The van der Waals surface area contributed by atoms with Gasteiger partial charge in [0.2, 0.25) is 0 Å². The molecule has 0 aliphatic rings. The Balaban J connectivity index is 0. The third-order valence-corrected chi connectivity index (χ3v) is 1.97. The summed E-state index contributed by atoms with van der Waals surface area (Å²) in [6.07, 6.45) is 1.23. The van der Waals surface area contributed by atoms with E-state index in [4.69, 9.17) is 9.47 Å². The average molecular weight is 296 g/mol. The smallest absolute Gasteiger partial charge is 0.545 e. The molecule has 0 atom stereocenters. The molecular formula is C12H10Na2O6. The van der Waals surface area contributed by atoms with Gasteiger partial charge in [-0.15, -0.1) is 0 Å². The number of rotatable bonds is 7. The van der Waals surface area contributed by atoms with Gasteiger partial charge < -0.3 is 29.3 Å². The maximum Gasteiger partial charge on any atom is 1.00 e. The van der Waals surface area contributed by atoms with E-state index in [9.17, 15) is 19.8 Å². The first-order valence-corrected chi connectivity index (χ1v) is 4.97. The Morgan fingerprint density at radius 2 is 1.55 bits per heavy atom. The number of carboxylic acids is 2. The van der Waals surface area contributed by atoms with E-state index in [-0.39, 0.29) is 89.2 Å². The molecule has 96 valence electrons. The van der Waals surface area contributed by atoms with Crippen LogP contribution >= 0.6 is 0 Å². The minimum absolute atomic E-state index is 0. The predicted octanol–water partition coefficient (Wildman–Crippen LogP) is -7.04. The van der Waals surface area contributed by atoms with Gasteiger partial charge >= 0.3 is 59.1 Å². The van der Waals surface area contributed by atoms with E-state index in [1.54, 1.807) is 0 Å². The summed E-state index contributed by atoms with van der Waals surface area (Å²) in [6, 6.07) is 3.27. The number of carboxylic acid groups (broad SMARTS) is 2. The van der Waals surface area contributed by atoms with E-state index < -0.39 is 11.9 Å². The molecule has 0 aliphatic carbocycles. The van der Waals surface area contributed by atoms with Gasteiger partial charge in [0.25, 0.3) is 0 Å². The number of aromatic carboxylic acids is 2. The molecule has 20 heavy (non-hydrogen) atoms. The Morgan fingerprint density at radius 1 is 1.05 bits per heavy atom. The van der Waals surface area contributed by atoms with Gasteiger partial charge in [-0.25, -0.2) is 0 Å². The molecule has 0 saturated heterocycles. The molecule has 0 saturated carbocycles.